The van der Waals surface area contributed by atoms with Gasteiger partial charge in [-0.05, 0) is 43.1 Å². The molecule has 2 rings (SSSR count). The van der Waals surface area contributed by atoms with Gasteiger partial charge in [0.1, 0.15) is 11.5 Å². The summed E-state index contributed by atoms with van der Waals surface area (Å²) in [6, 6.07) is 12.7. The van der Waals surface area contributed by atoms with Crippen LogP contribution in [0.4, 0.5) is 0 Å². The Balaban J connectivity index is 2.16. The van der Waals surface area contributed by atoms with Crippen LogP contribution in [0.15, 0.2) is 40.8 Å². The van der Waals surface area contributed by atoms with E-state index in [1.807, 2.05) is 6.07 Å². The van der Waals surface area contributed by atoms with Gasteiger partial charge in [0, 0.05) is 12.7 Å². The molecule has 1 N–H and O–H groups in total. The zero-order valence-corrected chi connectivity index (χ0v) is 13.2. The van der Waals surface area contributed by atoms with Crippen molar-refractivity contribution in [3.05, 3.63) is 47.7 Å². The van der Waals surface area contributed by atoms with Crippen molar-refractivity contribution in [1.29, 1.82) is 0 Å². The molecule has 0 aliphatic rings. The minimum atomic E-state index is 0.292. The van der Waals surface area contributed by atoms with E-state index in [1.165, 1.54) is 0 Å². The maximum atomic E-state index is 6.05. The number of benzene rings is 1. The first kappa shape index (κ1) is 15.8. The molecule has 0 spiro atoms. The summed E-state index contributed by atoms with van der Waals surface area (Å²) < 4.78 is 11.2. The maximum absolute atomic E-state index is 6.05. The summed E-state index contributed by atoms with van der Waals surface area (Å²) in [5, 5.41) is 3.52. The number of hydrogen-bond donors (Lipinski definition) is 1. The zero-order chi connectivity index (χ0) is 15.1. The second kappa shape index (κ2) is 8.01. The van der Waals surface area contributed by atoms with Crippen molar-refractivity contribution in [3.8, 4) is 11.3 Å². The number of furan rings is 1. The lowest BCUT2D eigenvalue weighted by Crippen LogP contribution is -2.20. The highest BCUT2D eigenvalue weighted by molar-refractivity contribution is 5.58. The molecular weight excluding hydrogens is 262 g/mol. The minimum Gasteiger partial charge on any atom is -0.459 e. The zero-order valence-electron chi connectivity index (χ0n) is 13.2. The smallest absolute Gasteiger partial charge is 0.134 e. The van der Waals surface area contributed by atoms with Gasteiger partial charge in [-0.1, -0.05) is 32.0 Å². The van der Waals surface area contributed by atoms with Crippen LogP contribution < -0.4 is 5.32 Å². The highest BCUT2D eigenvalue weighted by Gasteiger charge is 2.13. The second-order valence-corrected chi connectivity index (χ2v) is 5.25. The van der Waals surface area contributed by atoms with Crippen LogP contribution in [0.5, 0.6) is 0 Å². The van der Waals surface area contributed by atoms with Gasteiger partial charge < -0.3 is 14.5 Å². The van der Waals surface area contributed by atoms with Crippen LogP contribution >= 0.6 is 0 Å². The SMILES string of the molecule is CCCNC(CC)c1ccc(-c2cccc(COC)c2)o1. The van der Waals surface area contributed by atoms with Crippen molar-refractivity contribution >= 4 is 0 Å². The molecule has 21 heavy (non-hydrogen) atoms. The Morgan fingerprint density at radius 2 is 2.05 bits per heavy atom. The lowest BCUT2D eigenvalue weighted by molar-refractivity contribution is 0.185. The lowest BCUT2D eigenvalue weighted by Gasteiger charge is -2.13. The average Bonchev–Trinajstić information content (AvgIpc) is 2.99. The fraction of sp³-hybridized carbons (Fsp3) is 0.444. The summed E-state index contributed by atoms with van der Waals surface area (Å²) in [5.74, 6) is 1.93. The molecule has 1 atom stereocenters. The predicted octanol–water partition coefficient (Wildman–Crippen LogP) is 4.54. The first-order chi connectivity index (χ1) is 10.3. The molecule has 0 fully saturated rings. The largest absolute Gasteiger partial charge is 0.459 e. The van der Waals surface area contributed by atoms with Gasteiger partial charge in [-0.2, -0.15) is 0 Å². The summed E-state index contributed by atoms with van der Waals surface area (Å²) in [4.78, 5) is 0. The maximum Gasteiger partial charge on any atom is 0.134 e. The van der Waals surface area contributed by atoms with E-state index < -0.39 is 0 Å². The fourth-order valence-corrected chi connectivity index (χ4v) is 2.44. The van der Waals surface area contributed by atoms with Crippen molar-refractivity contribution in [2.75, 3.05) is 13.7 Å². The number of ether oxygens (including phenoxy) is 1. The van der Waals surface area contributed by atoms with Crippen molar-refractivity contribution < 1.29 is 9.15 Å². The van der Waals surface area contributed by atoms with Gasteiger partial charge in [-0.15, -0.1) is 0 Å². The van der Waals surface area contributed by atoms with E-state index in [0.29, 0.717) is 12.6 Å². The molecule has 114 valence electrons. The van der Waals surface area contributed by atoms with Crippen LogP contribution in [0.25, 0.3) is 11.3 Å². The Hall–Kier alpha value is -1.58. The molecule has 0 aliphatic carbocycles. The molecule has 1 heterocycles. The molecule has 0 saturated carbocycles. The fourth-order valence-electron chi connectivity index (χ4n) is 2.44. The van der Waals surface area contributed by atoms with Crippen molar-refractivity contribution in [2.45, 2.75) is 39.3 Å². The van der Waals surface area contributed by atoms with Crippen molar-refractivity contribution in [1.82, 2.24) is 5.32 Å². The molecule has 0 radical (unpaired) electrons. The quantitative estimate of drug-likeness (QED) is 0.773. The van der Waals surface area contributed by atoms with E-state index >= 15 is 0 Å². The van der Waals surface area contributed by atoms with E-state index in [1.54, 1.807) is 7.11 Å². The van der Waals surface area contributed by atoms with Gasteiger partial charge in [-0.3, -0.25) is 0 Å². The molecule has 0 saturated heterocycles. The van der Waals surface area contributed by atoms with Crippen LogP contribution in [0.1, 0.15) is 44.1 Å². The summed E-state index contributed by atoms with van der Waals surface area (Å²) in [7, 11) is 1.71. The van der Waals surface area contributed by atoms with Gasteiger partial charge >= 0.3 is 0 Å². The topological polar surface area (TPSA) is 34.4 Å². The van der Waals surface area contributed by atoms with Gasteiger partial charge in [0.15, 0.2) is 0 Å². The van der Waals surface area contributed by atoms with Crippen molar-refractivity contribution in [2.24, 2.45) is 0 Å². The van der Waals surface area contributed by atoms with Crippen LogP contribution in [-0.4, -0.2) is 13.7 Å². The molecular formula is C18H25NO2. The summed E-state index contributed by atoms with van der Waals surface area (Å²) in [5.41, 5.74) is 2.25. The Bertz CT molecular complexity index is 548. The van der Waals surface area contributed by atoms with Gasteiger partial charge in [0.05, 0.1) is 12.6 Å². The van der Waals surface area contributed by atoms with Crippen LogP contribution in [-0.2, 0) is 11.3 Å². The summed E-state index contributed by atoms with van der Waals surface area (Å²) in [6.45, 7) is 5.98. The third kappa shape index (κ3) is 4.19. The van der Waals surface area contributed by atoms with E-state index in [0.717, 1.165) is 42.0 Å². The molecule has 1 aromatic carbocycles. The third-order valence-corrected chi connectivity index (χ3v) is 3.54. The Morgan fingerprint density at radius 3 is 2.76 bits per heavy atom. The molecule has 0 bridgehead atoms. The van der Waals surface area contributed by atoms with Gasteiger partial charge in [0.25, 0.3) is 0 Å². The Kier molecular flexibility index (Phi) is 6.03. The van der Waals surface area contributed by atoms with E-state index in [-0.39, 0.29) is 0 Å². The van der Waals surface area contributed by atoms with Crippen LogP contribution in [0, 0.1) is 0 Å². The molecule has 0 amide bonds. The summed E-state index contributed by atoms with van der Waals surface area (Å²) >= 11 is 0. The third-order valence-electron chi connectivity index (χ3n) is 3.54. The standard InChI is InChI=1S/C18H25NO2/c1-4-11-19-16(5-2)18-10-9-17(21-18)15-8-6-7-14(12-15)13-20-3/h6-10,12,16,19H,4-5,11,13H2,1-3H3. The summed E-state index contributed by atoms with van der Waals surface area (Å²) in [6.07, 6.45) is 2.15. The minimum absolute atomic E-state index is 0.292. The normalized spacial score (nSPS) is 12.5. The lowest BCUT2D eigenvalue weighted by atomic mass is 10.1. The Morgan fingerprint density at radius 1 is 1.19 bits per heavy atom. The molecule has 0 aliphatic heterocycles. The second-order valence-electron chi connectivity index (χ2n) is 5.25. The van der Waals surface area contributed by atoms with Gasteiger partial charge in [-0.25, -0.2) is 0 Å². The van der Waals surface area contributed by atoms with Crippen LogP contribution in [0.3, 0.4) is 0 Å². The van der Waals surface area contributed by atoms with Crippen LogP contribution in [0.2, 0.25) is 0 Å². The first-order valence-corrected chi connectivity index (χ1v) is 7.69. The van der Waals surface area contributed by atoms with Crippen molar-refractivity contribution in [3.63, 3.8) is 0 Å². The van der Waals surface area contributed by atoms with E-state index in [4.69, 9.17) is 9.15 Å². The Labute approximate surface area is 127 Å². The molecule has 1 unspecified atom stereocenters. The number of nitrogens with one attached hydrogen (secondary N) is 1. The average molecular weight is 287 g/mol. The molecule has 3 heteroatoms. The highest BCUT2D eigenvalue weighted by Crippen LogP contribution is 2.27. The highest BCUT2D eigenvalue weighted by atomic mass is 16.5. The molecule has 2 aromatic rings. The monoisotopic (exact) mass is 287 g/mol. The van der Waals surface area contributed by atoms with E-state index in [9.17, 15) is 0 Å². The number of rotatable bonds is 8. The number of hydrogen-bond acceptors (Lipinski definition) is 3. The predicted molar refractivity (Wildman–Crippen MR) is 86.2 cm³/mol. The van der Waals surface area contributed by atoms with Gasteiger partial charge in [0.2, 0.25) is 0 Å². The van der Waals surface area contributed by atoms with E-state index in [2.05, 4.69) is 49.5 Å². The first-order valence-electron chi connectivity index (χ1n) is 7.69. The molecule has 3 nitrogen and oxygen atoms in total. The number of methoxy groups -OCH3 is 1. The molecule has 1 aromatic heterocycles.